The van der Waals surface area contributed by atoms with Gasteiger partial charge in [-0.25, -0.2) is 8.42 Å². The van der Waals surface area contributed by atoms with Gasteiger partial charge in [-0.2, -0.15) is 0 Å². The number of nitrogens with zero attached hydrogens (tertiary/aromatic N) is 2. The van der Waals surface area contributed by atoms with E-state index in [4.69, 9.17) is 23.2 Å². The van der Waals surface area contributed by atoms with E-state index in [1.165, 1.54) is 22.5 Å². The summed E-state index contributed by atoms with van der Waals surface area (Å²) >= 11 is 12.6. The number of hydrogen-bond acceptors (Lipinski definition) is 5. The highest BCUT2D eigenvalue weighted by molar-refractivity contribution is 7.93. The summed E-state index contributed by atoms with van der Waals surface area (Å²) in [4.78, 5) is 39.6. The van der Waals surface area contributed by atoms with E-state index in [1.807, 2.05) is 30.3 Å². The van der Waals surface area contributed by atoms with Gasteiger partial charge in [-0.1, -0.05) is 53.5 Å². The standard InChI is InChI=1S/C30H29Cl2N3O5S/c31-22-10-12-23(13-11-22)35(19-20-6-2-1-3-7-20)41(39,40)27-18-21(9-15-25(27)32)30(38)34-17-5-4-8-26(34)24-14-16-28(36)33-29(24)37/h1-3,6-7,9-13,15,18,24,26H,4-5,8,14,16-17,19H2,(H,33,36,37). The number of hydrogen-bond donors (Lipinski definition) is 1. The third-order valence-electron chi connectivity index (χ3n) is 7.59. The van der Waals surface area contributed by atoms with Crippen LogP contribution in [-0.2, 0) is 26.2 Å². The zero-order chi connectivity index (χ0) is 29.1. The number of imide groups is 1. The van der Waals surface area contributed by atoms with Crippen molar-refractivity contribution in [2.24, 2.45) is 5.92 Å². The molecule has 3 aromatic carbocycles. The lowest BCUT2D eigenvalue weighted by atomic mass is 9.84. The molecule has 2 aliphatic rings. The molecule has 0 saturated carbocycles. The fraction of sp³-hybridized carbons (Fsp3) is 0.300. The number of nitrogens with one attached hydrogen (secondary N) is 1. The summed E-state index contributed by atoms with van der Waals surface area (Å²) in [5.41, 5.74) is 1.30. The first-order valence-corrected chi connectivity index (χ1v) is 15.6. The van der Waals surface area contributed by atoms with Gasteiger partial charge in [-0.15, -0.1) is 0 Å². The van der Waals surface area contributed by atoms with Crippen LogP contribution in [0.25, 0.3) is 0 Å². The Hall–Kier alpha value is -3.40. The summed E-state index contributed by atoms with van der Waals surface area (Å²) in [6.07, 6.45) is 2.82. The van der Waals surface area contributed by atoms with Gasteiger partial charge in [0, 0.05) is 29.6 Å². The molecule has 5 rings (SSSR count). The topological polar surface area (TPSA) is 104 Å². The van der Waals surface area contributed by atoms with Crippen molar-refractivity contribution in [2.75, 3.05) is 10.8 Å². The molecule has 3 aromatic rings. The Kier molecular flexibility index (Phi) is 8.68. The quantitative estimate of drug-likeness (QED) is 0.358. The van der Waals surface area contributed by atoms with Gasteiger partial charge in [-0.05, 0) is 73.7 Å². The van der Waals surface area contributed by atoms with Gasteiger partial charge in [0.15, 0.2) is 0 Å². The molecule has 2 saturated heterocycles. The molecule has 0 spiro atoms. The minimum atomic E-state index is -4.25. The Morgan fingerprint density at radius 3 is 2.39 bits per heavy atom. The molecule has 2 fully saturated rings. The lowest BCUT2D eigenvalue weighted by molar-refractivity contribution is -0.138. The number of carbonyl (C=O) groups excluding carboxylic acids is 3. The second kappa shape index (κ2) is 12.2. The van der Waals surface area contributed by atoms with Crippen molar-refractivity contribution in [2.45, 2.75) is 49.6 Å². The number of amides is 3. The third-order valence-corrected chi connectivity index (χ3v) is 10.1. The lowest BCUT2D eigenvalue weighted by Gasteiger charge is -2.41. The largest absolute Gasteiger partial charge is 0.335 e. The number of sulfonamides is 1. The Morgan fingerprint density at radius 2 is 1.68 bits per heavy atom. The molecule has 2 unspecified atom stereocenters. The van der Waals surface area contributed by atoms with Crippen LogP contribution in [0, 0.1) is 5.92 Å². The normalized spacial score (nSPS) is 19.5. The van der Waals surface area contributed by atoms with Crippen LogP contribution in [0.5, 0.6) is 0 Å². The van der Waals surface area contributed by atoms with E-state index in [9.17, 15) is 22.8 Å². The number of rotatable bonds is 7. The SMILES string of the molecule is O=C1CCC(C2CCCCN2C(=O)c2ccc(Cl)c(S(=O)(=O)N(Cc3ccccc3)c3ccc(Cl)cc3)c2)C(=O)N1. The first-order chi connectivity index (χ1) is 19.6. The Morgan fingerprint density at radius 1 is 0.951 bits per heavy atom. The van der Waals surface area contributed by atoms with Gasteiger partial charge in [-0.3, -0.25) is 24.0 Å². The van der Waals surface area contributed by atoms with Crippen molar-refractivity contribution in [3.8, 4) is 0 Å². The smallest absolute Gasteiger partial charge is 0.266 e. The van der Waals surface area contributed by atoms with Crippen LogP contribution in [0.1, 0.15) is 48.0 Å². The van der Waals surface area contributed by atoms with Crippen LogP contribution in [-0.4, -0.2) is 43.6 Å². The van der Waals surface area contributed by atoms with Crippen molar-refractivity contribution in [1.82, 2.24) is 10.2 Å². The highest BCUT2D eigenvalue weighted by atomic mass is 35.5. The molecule has 1 N–H and O–H groups in total. The molecular weight excluding hydrogens is 585 g/mol. The number of anilines is 1. The molecule has 214 valence electrons. The average molecular weight is 615 g/mol. The maximum atomic E-state index is 14.2. The maximum Gasteiger partial charge on any atom is 0.266 e. The summed E-state index contributed by atoms with van der Waals surface area (Å²) in [5.74, 6) is -1.56. The molecule has 0 bridgehead atoms. The van der Waals surface area contributed by atoms with E-state index < -0.39 is 15.9 Å². The second-order valence-corrected chi connectivity index (χ2v) is 12.9. The van der Waals surface area contributed by atoms with Crippen LogP contribution in [0.4, 0.5) is 5.69 Å². The van der Waals surface area contributed by atoms with E-state index in [0.29, 0.717) is 30.1 Å². The van der Waals surface area contributed by atoms with E-state index in [0.717, 1.165) is 18.4 Å². The zero-order valence-electron chi connectivity index (χ0n) is 22.1. The molecule has 0 aromatic heterocycles. The van der Waals surface area contributed by atoms with E-state index in [-0.39, 0.29) is 52.2 Å². The van der Waals surface area contributed by atoms with E-state index in [1.54, 1.807) is 29.2 Å². The highest BCUT2D eigenvalue weighted by Gasteiger charge is 2.40. The predicted octanol–water partition coefficient (Wildman–Crippen LogP) is 5.44. The van der Waals surface area contributed by atoms with Crippen molar-refractivity contribution in [1.29, 1.82) is 0 Å². The summed E-state index contributed by atoms with van der Waals surface area (Å²) in [5, 5.41) is 2.83. The lowest BCUT2D eigenvalue weighted by Crippen LogP contribution is -2.54. The Labute approximate surface area is 249 Å². The first kappa shape index (κ1) is 29.1. The average Bonchev–Trinajstić information content (AvgIpc) is 2.97. The molecule has 2 atom stereocenters. The molecule has 11 heteroatoms. The van der Waals surface area contributed by atoms with E-state index >= 15 is 0 Å². The van der Waals surface area contributed by atoms with Gasteiger partial charge in [0.1, 0.15) is 4.90 Å². The monoisotopic (exact) mass is 613 g/mol. The molecule has 0 aliphatic carbocycles. The number of piperidine rings is 2. The van der Waals surface area contributed by atoms with Crippen molar-refractivity contribution >= 4 is 56.6 Å². The number of benzene rings is 3. The summed E-state index contributed by atoms with van der Waals surface area (Å²) in [6.45, 7) is 0.458. The minimum absolute atomic E-state index is 0.0195. The molecule has 41 heavy (non-hydrogen) atoms. The van der Waals surface area contributed by atoms with Crippen molar-refractivity contribution < 1.29 is 22.8 Å². The molecule has 3 amide bonds. The van der Waals surface area contributed by atoms with Crippen LogP contribution in [0.15, 0.2) is 77.7 Å². The van der Waals surface area contributed by atoms with Crippen LogP contribution in [0.3, 0.4) is 0 Å². The first-order valence-electron chi connectivity index (χ1n) is 13.4. The minimum Gasteiger partial charge on any atom is -0.335 e. The second-order valence-electron chi connectivity index (χ2n) is 10.2. The Bertz CT molecular complexity index is 1560. The molecule has 2 aliphatic heterocycles. The van der Waals surface area contributed by atoms with Gasteiger partial charge in [0.2, 0.25) is 11.8 Å². The fourth-order valence-corrected chi connectivity index (χ4v) is 7.58. The summed E-state index contributed by atoms with van der Waals surface area (Å²) in [6, 6.07) is 19.4. The van der Waals surface area contributed by atoms with Crippen molar-refractivity contribution in [3.05, 3.63) is 94.0 Å². The number of halogens is 2. The van der Waals surface area contributed by atoms with Crippen LogP contribution in [0.2, 0.25) is 10.0 Å². The van der Waals surface area contributed by atoms with Crippen LogP contribution < -0.4 is 9.62 Å². The van der Waals surface area contributed by atoms with Gasteiger partial charge >= 0.3 is 0 Å². The third kappa shape index (κ3) is 6.27. The molecule has 0 radical (unpaired) electrons. The van der Waals surface area contributed by atoms with Crippen LogP contribution >= 0.6 is 23.2 Å². The highest BCUT2D eigenvalue weighted by Crippen LogP contribution is 2.34. The summed E-state index contributed by atoms with van der Waals surface area (Å²) < 4.78 is 29.6. The fourth-order valence-electron chi connectivity index (χ4n) is 5.50. The molecule has 2 heterocycles. The summed E-state index contributed by atoms with van der Waals surface area (Å²) in [7, 11) is -4.25. The van der Waals surface area contributed by atoms with Crippen molar-refractivity contribution in [3.63, 3.8) is 0 Å². The maximum absolute atomic E-state index is 14.2. The van der Waals surface area contributed by atoms with E-state index in [2.05, 4.69) is 5.32 Å². The molecule has 8 nitrogen and oxygen atoms in total. The van der Waals surface area contributed by atoms with Gasteiger partial charge in [0.05, 0.1) is 23.2 Å². The molecular formula is C30H29Cl2N3O5S. The van der Waals surface area contributed by atoms with Gasteiger partial charge < -0.3 is 4.90 Å². The zero-order valence-corrected chi connectivity index (χ0v) is 24.5. The predicted molar refractivity (Wildman–Crippen MR) is 157 cm³/mol. The Balaban J connectivity index is 1.50. The van der Waals surface area contributed by atoms with Gasteiger partial charge in [0.25, 0.3) is 15.9 Å². The number of carbonyl (C=O) groups is 3. The number of likely N-dealkylation sites (tertiary alicyclic amines) is 1.